The first kappa shape index (κ1) is 14.8. The van der Waals surface area contributed by atoms with E-state index in [1.54, 1.807) is 7.11 Å². The predicted octanol–water partition coefficient (Wildman–Crippen LogP) is 3.63. The van der Waals surface area contributed by atoms with Crippen LogP contribution in [0.3, 0.4) is 0 Å². The van der Waals surface area contributed by atoms with Crippen molar-refractivity contribution >= 4 is 28.1 Å². The zero-order valence-corrected chi connectivity index (χ0v) is 13.5. The zero-order valence-electron chi connectivity index (χ0n) is 12.7. The number of aromatic nitrogens is 1. The van der Waals surface area contributed by atoms with Gasteiger partial charge in [-0.1, -0.05) is 42.5 Å². The molecule has 0 saturated heterocycles. The van der Waals surface area contributed by atoms with E-state index in [-0.39, 0.29) is 0 Å². The van der Waals surface area contributed by atoms with E-state index in [9.17, 15) is 0 Å². The van der Waals surface area contributed by atoms with Gasteiger partial charge in [0, 0.05) is 36.3 Å². The van der Waals surface area contributed by atoms with Crippen LogP contribution in [0.15, 0.2) is 48.5 Å². The molecule has 3 nitrogen and oxygen atoms in total. The van der Waals surface area contributed by atoms with Gasteiger partial charge in [-0.15, -0.1) is 0 Å². The molecule has 0 aliphatic heterocycles. The largest absolute Gasteiger partial charge is 0.389 e. The third kappa shape index (κ3) is 2.51. The molecule has 2 aromatic carbocycles. The minimum Gasteiger partial charge on any atom is -0.389 e. The molecule has 3 rings (SSSR count). The van der Waals surface area contributed by atoms with Crippen LogP contribution in [0.4, 0.5) is 0 Å². The van der Waals surface area contributed by atoms with E-state index in [4.69, 9.17) is 22.7 Å². The van der Waals surface area contributed by atoms with Crippen molar-refractivity contribution in [2.75, 3.05) is 7.11 Å². The first-order valence-electron chi connectivity index (χ1n) is 7.08. The van der Waals surface area contributed by atoms with Gasteiger partial charge in [0.15, 0.2) is 0 Å². The quantitative estimate of drug-likeness (QED) is 0.748. The Labute approximate surface area is 135 Å². The Morgan fingerprint density at radius 1 is 1.18 bits per heavy atom. The molecule has 1 heterocycles. The number of aryl methyl sites for hydroxylation is 1. The van der Waals surface area contributed by atoms with E-state index in [0.29, 0.717) is 11.6 Å². The number of thiocarbonyl (C=S) groups is 1. The van der Waals surface area contributed by atoms with E-state index in [1.165, 1.54) is 16.5 Å². The van der Waals surface area contributed by atoms with Crippen LogP contribution in [0.2, 0.25) is 0 Å². The number of benzene rings is 2. The Balaban J connectivity index is 2.21. The third-order valence-corrected chi connectivity index (χ3v) is 4.17. The molecule has 0 amide bonds. The van der Waals surface area contributed by atoms with Gasteiger partial charge < -0.3 is 15.0 Å². The Morgan fingerprint density at radius 3 is 2.68 bits per heavy atom. The molecule has 0 spiro atoms. The van der Waals surface area contributed by atoms with E-state index in [0.717, 1.165) is 16.8 Å². The second-order valence-electron chi connectivity index (χ2n) is 5.31. The molecule has 112 valence electrons. The smallest absolute Gasteiger partial charge is 0.104 e. The van der Waals surface area contributed by atoms with Gasteiger partial charge in [-0.2, -0.15) is 0 Å². The fraction of sp³-hybridized carbons (Fsp3) is 0.167. The van der Waals surface area contributed by atoms with Gasteiger partial charge >= 0.3 is 0 Å². The average Bonchev–Trinajstić information content (AvgIpc) is 2.84. The Kier molecular flexibility index (Phi) is 3.96. The summed E-state index contributed by atoms with van der Waals surface area (Å²) < 4.78 is 7.45. The van der Waals surface area contributed by atoms with Crippen molar-refractivity contribution < 1.29 is 4.74 Å². The van der Waals surface area contributed by atoms with Crippen LogP contribution in [0.5, 0.6) is 0 Å². The topological polar surface area (TPSA) is 40.2 Å². The summed E-state index contributed by atoms with van der Waals surface area (Å²) in [5.74, 6) is 0. The lowest BCUT2D eigenvalue weighted by molar-refractivity contribution is 0.179. The lowest BCUT2D eigenvalue weighted by atomic mass is 10.00. The highest BCUT2D eigenvalue weighted by Gasteiger charge is 2.11. The average molecular weight is 310 g/mol. The number of hydrogen-bond acceptors (Lipinski definition) is 2. The first-order chi connectivity index (χ1) is 10.6. The second-order valence-corrected chi connectivity index (χ2v) is 5.75. The van der Waals surface area contributed by atoms with Crippen LogP contribution in [-0.2, 0) is 18.4 Å². The van der Waals surface area contributed by atoms with Gasteiger partial charge in [-0.3, -0.25) is 0 Å². The summed E-state index contributed by atoms with van der Waals surface area (Å²) in [4.78, 5) is 0.419. The van der Waals surface area contributed by atoms with Crippen molar-refractivity contribution in [1.29, 1.82) is 0 Å². The van der Waals surface area contributed by atoms with Gasteiger partial charge in [0.1, 0.15) is 4.99 Å². The zero-order chi connectivity index (χ0) is 15.7. The summed E-state index contributed by atoms with van der Waals surface area (Å²) in [7, 11) is 3.77. The number of fused-ring (bicyclic) bond motifs is 1. The Morgan fingerprint density at radius 2 is 1.95 bits per heavy atom. The Hall–Kier alpha value is -2.17. The summed E-state index contributed by atoms with van der Waals surface area (Å²) in [6, 6.07) is 16.5. The van der Waals surface area contributed by atoms with Crippen LogP contribution in [0.1, 0.15) is 11.3 Å². The van der Waals surface area contributed by atoms with Crippen LogP contribution in [0.25, 0.3) is 22.0 Å². The van der Waals surface area contributed by atoms with Crippen molar-refractivity contribution in [1.82, 2.24) is 4.57 Å². The van der Waals surface area contributed by atoms with Crippen molar-refractivity contribution in [2.45, 2.75) is 6.61 Å². The minimum absolute atomic E-state index is 0.419. The normalized spacial score (nSPS) is 11.0. The predicted molar refractivity (Wildman–Crippen MR) is 95.0 cm³/mol. The van der Waals surface area contributed by atoms with Gasteiger partial charge in [0.25, 0.3) is 0 Å². The van der Waals surface area contributed by atoms with Gasteiger partial charge in [-0.25, -0.2) is 0 Å². The van der Waals surface area contributed by atoms with E-state index >= 15 is 0 Å². The van der Waals surface area contributed by atoms with Crippen LogP contribution in [0, 0.1) is 0 Å². The minimum atomic E-state index is 0.419. The maximum absolute atomic E-state index is 5.75. The summed E-state index contributed by atoms with van der Waals surface area (Å²) in [6.07, 6.45) is 0. The molecule has 0 aliphatic carbocycles. The standard InChI is InChI=1S/C18H18N2OS/c1-20-14(11-21-2)10-16-15(7-4-8-17(16)20)12-5-3-6-13(9-12)18(19)22/h3-10H,11H2,1-2H3,(H2,19,22). The van der Waals surface area contributed by atoms with Gasteiger partial charge in [0.2, 0.25) is 0 Å². The number of rotatable bonds is 4. The molecule has 22 heavy (non-hydrogen) atoms. The summed E-state index contributed by atoms with van der Waals surface area (Å²) in [5.41, 5.74) is 11.3. The second kappa shape index (κ2) is 5.91. The van der Waals surface area contributed by atoms with Crippen LogP contribution in [-0.4, -0.2) is 16.7 Å². The number of nitrogens with zero attached hydrogens (tertiary/aromatic N) is 1. The molecule has 0 radical (unpaired) electrons. The number of methoxy groups -OCH3 is 1. The van der Waals surface area contributed by atoms with Crippen LogP contribution >= 0.6 is 12.2 Å². The molecule has 1 aromatic heterocycles. The Bertz CT molecular complexity index is 851. The lowest BCUT2D eigenvalue weighted by Crippen LogP contribution is -2.08. The monoisotopic (exact) mass is 310 g/mol. The van der Waals surface area contributed by atoms with Crippen molar-refractivity contribution in [3.8, 4) is 11.1 Å². The number of ether oxygens (including phenoxy) is 1. The first-order valence-corrected chi connectivity index (χ1v) is 7.49. The fourth-order valence-electron chi connectivity index (χ4n) is 2.79. The lowest BCUT2D eigenvalue weighted by Gasteiger charge is -2.07. The van der Waals surface area contributed by atoms with Gasteiger partial charge in [0.05, 0.1) is 6.61 Å². The van der Waals surface area contributed by atoms with Crippen molar-refractivity contribution in [3.63, 3.8) is 0 Å². The highest BCUT2D eigenvalue weighted by atomic mass is 32.1. The van der Waals surface area contributed by atoms with Crippen molar-refractivity contribution in [2.24, 2.45) is 12.8 Å². The fourth-order valence-corrected chi connectivity index (χ4v) is 2.92. The molecule has 4 heteroatoms. The van der Waals surface area contributed by atoms with Crippen LogP contribution < -0.4 is 5.73 Å². The molecule has 0 bridgehead atoms. The third-order valence-electron chi connectivity index (χ3n) is 3.94. The molecule has 0 atom stereocenters. The summed E-state index contributed by atoms with van der Waals surface area (Å²) in [6.45, 7) is 0.595. The summed E-state index contributed by atoms with van der Waals surface area (Å²) in [5, 5.41) is 1.21. The molecule has 0 fully saturated rings. The van der Waals surface area contributed by atoms with E-state index in [2.05, 4.69) is 41.9 Å². The highest BCUT2D eigenvalue weighted by molar-refractivity contribution is 7.80. The van der Waals surface area contributed by atoms with Gasteiger partial charge in [-0.05, 0) is 29.3 Å². The molecule has 0 aliphatic rings. The van der Waals surface area contributed by atoms with E-state index in [1.807, 2.05) is 18.2 Å². The molecule has 0 saturated carbocycles. The maximum atomic E-state index is 5.75. The van der Waals surface area contributed by atoms with E-state index < -0.39 is 0 Å². The maximum Gasteiger partial charge on any atom is 0.104 e. The SMILES string of the molecule is COCc1cc2c(-c3cccc(C(N)=S)c3)cccc2n1C. The summed E-state index contributed by atoms with van der Waals surface area (Å²) >= 11 is 5.08. The molecule has 2 N–H and O–H groups in total. The van der Waals surface area contributed by atoms with Crippen molar-refractivity contribution in [3.05, 3.63) is 59.8 Å². The molecule has 3 aromatic rings. The molecular formula is C18H18N2OS. The molecule has 0 unspecified atom stereocenters. The molecular weight excluding hydrogens is 292 g/mol. The number of nitrogens with two attached hydrogens (primary N) is 1. The number of hydrogen-bond donors (Lipinski definition) is 1. The highest BCUT2D eigenvalue weighted by Crippen LogP contribution is 2.31.